The molecule has 0 saturated carbocycles. The Hall–Kier alpha value is -0.850. The van der Waals surface area contributed by atoms with Gasteiger partial charge >= 0.3 is 0 Å². The fourth-order valence-electron chi connectivity index (χ4n) is 1.17. The van der Waals surface area contributed by atoms with E-state index in [-0.39, 0.29) is 0 Å². The van der Waals surface area contributed by atoms with Gasteiger partial charge in [-0.3, -0.25) is 0 Å². The first-order chi connectivity index (χ1) is 4.72. The largest absolute Gasteiger partial charge is 0.218 e. The molecule has 10 heavy (non-hydrogen) atoms. The Morgan fingerprint density at radius 3 is 2.50 bits per heavy atom. The summed E-state index contributed by atoms with van der Waals surface area (Å²) < 4.78 is 0. The zero-order valence-electron chi connectivity index (χ0n) is 6.81. The van der Waals surface area contributed by atoms with Gasteiger partial charge in [0.05, 0.1) is 0 Å². The van der Waals surface area contributed by atoms with E-state index in [0.717, 1.165) is 0 Å². The van der Waals surface area contributed by atoms with Gasteiger partial charge in [-0.1, -0.05) is 13.8 Å². The van der Waals surface area contributed by atoms with E-state index in [1.807, 2.05) is 12.4 Å². The van der Waals surface area contributed by atoms with Crippen LogP contribution in [0.1, 0.15) is 30.9 Å². The van der Waals surface area contributed by atoms with Crippen molar-refractivity contribution >= 4 is 0 Å². The smallest absolute Gasteiger partial charge is 0.170 e. The van der Waals surface area contributed by atoms with Crippen LogP contribution < -0.4 is 4.98 Å². The Balaban J connectivity index is 3.03. The van der Waals surface area contributed by atoms with Gasteiger partial charge in [-0.15, -0.1) is 0 Å². The van der Waals surface area contributed by atoms with Crippen molar-refractivity contribution in [3.05, 3.63) is 29.6 Å². The second-order valence-electron chi connectivity index (χ2n) is 2.94. The van der Waals surface area contributed by atoms with Crippen molar-refractivity contribution in [3.63, 3.8) is 0 Å². The highest BCUT2D eigenvalue weighted by atomic mass is 14.6. The third-order valence-electron chi connectivity index (χ3n) is 1.74. The van der Waals surface area contributed by atoms with Crippen LogP contribution >= 0.6 is 0 Å². The van der Waals surface area contributed by atoms with Crippen molar-refractivity contribution in [2.24, 2.45) is 0 Å². The summed E-state index contributed by atoms with van der Waals surface area (Å²) in [5.41, 5.74) is 2.77. The molecule has 0 aliphatic carbocycles. The minimum absolute atomic E-state index is 0.634. The van der Waals surface area contributed by atoms with Gasteiger partial charge in [0.2, 0.25) is 0 Å². The lowest BCUT2D eigenvalue weighted by Gasteiger charge is -2.04. The molecule has 1 heteroatoms. The maximum atomic E-state index is 3.06. The molecule has 1 aromatic heterocycles. The summed E-state index contributed by atoms with van der Waals surface area (Å²) in [6.07, 6.45) is 4.01. The molecule has 1 aromatic rings. The van der Waals surface area contributed by atoms with Gasteiger partial charge in [0.1, 0.15) is 0 Å². The van der Waals surface area contributed by atoms with E-state index < -0.39 is 0 Å². The highest BCUT2D eigenvalue weighted by Gasteiger charge is 2.02. The van der Waals surface area contributed by atoms with Crippen molar-refractivity contribution < 1.29 is 4.98 Å². The van der Waals surface area contributed by atoms with Crippen LogP contribution in [-0.2, 0) is 0 Å². The van der Waals surface area contributed by atoms with Gasteiger partial charge in [0.15, 0.2) is 12.4 Å². The van der Waals surface area contributed by atoms with Crippen LogP contribution in [0.4, 0.5) is 0 Å². The van der Waals surface area contributed by atoms with E-state index >= 15 is 0 Å². The molecule has 54 valence electrons. The topological polar surface area (TPSA) is 14.1 Å². The molecule has 0 radical (unpaired) electrons. The number of pyridine rings is 1. The van der Waals surface area contributed by atoms with E-state index in [4.69, 9.17) is 0 Å². The van der Waals surface area contributed by atoms with E-state index in [1.54, 1.807) is 0 Å². The quantitative estimate of drug-likeness (QED) is 0.560. The zero-order valence-corrected chi connectivity index (χ0v) is 6.81. The number of aromatic amines is 1. The summed E-state index contributed by atoms with van der Waals surface area (Å²) in [5.74, 6) is 0.634. The van der Waals surface area contributed by atoms with Gasteiger partial charge in [-0.2, -0.15) is 0 Å². The molecule has 0 spiro atoms. The lowest BCUT2D eigenvalue weighted by molar-refractivity contribution is -0.378. The van der Waals surface area contributed by atoms with Crippen LogP contribution in [0.15, 0.2) is 18.5 Å². The van der Waals surface area contributed by atoms with Gasteiger partial charge in [-0.05, 0) is 18.4 Å². The molecule has 0 bridgehead atoms. The molecule has 0 amide bonds. The predicted octanol–water partition coefficient (Wildman–Crippen LogP) is 1.93. The first-order valence-corrected chi connectivity index (χ1v) is 3.68. The number of hydrogen-bond donors (Lipinski definition) is 0. The molecule has 0 fully saturated rings. The number of nitrogens with one attached hydrogen (secondary N) is 1. The highest BCUT2D eigenvalue weighted by molar-refractivity contribution is 5.22. The van der Waals surface area contributed by atoms with Crippen molar-refractivity contribution in [2.75, 3.05) is 0 Å². The molecule has 0 aliphatic heterocycles. The van der Waals surface area contributed by atoms with E-state index in [9.17, 15) is 0 Å². The molecule has 0 saturated heterocycles. The van der Waals surface area contributed by atoms with E-state index in [1.165, 1.54) is 11.1 Å². The number of H-pyrrole nitrogens is 1. The summed E-state index contributed by atoms with van der Waals surface area (Å²) in [4.78, 5) is 3.06. The van der Waals surface area contributed by atoms with Gasteiger partial charge < -0.3 is 0 Å². The Morgan fingerprint density at radius 1 is 1.40 bits per heavy atom. The van der Waals surface area contributed by atoms with E-state index in [0.29, 0.717) is 5.92 Å². The Morgan fingerprint density at radius 2 is 2.10 bits per heavy atom. The Bertz CT molecular complexity index is 216. The summed E-state index contributed by atoms with van der Waals surface area (Å²) in [7, 11) is 0. The molecule has 1 N–H and O–H groups in total. The molecular weight excluding hydrogens is 122 g/mol. The molecule has 1 nitrogen and oxygen atoms in total. The third-order valence-corrected chi connectivity index (χ3v) is 1.74. The lowest BCUT2D eigenvalue weighted by atomic mass is 10.0. The second-order valence-corrected chi connectivity index (χ2v) is 2.94. The second kappa shape index (κ2) is 2.82. The van der Waals surface area contributed by atoms with Crippen LogP contribution in [0.25, 0.3) is 0 Å². The summed E-state index contributed by atoms with van der Waals surface area (Å²) in [5, 5.41) is 0. The fourth-order valence-corrected chi connectivity index (χ4v) is 1.17. The van der Waals surface area contributed by atoms with Crippen LogP contribution in [0.5, 0.6) is 0 Å². The van der Waals surface area contributed by atoms with Crippen LogP contribution in [-0.4, -0.2) is 0 Å². The first kappa shape index (κ1) is 7.26. The maximum Gasteiger partial charge on any atom is 0.170 e. The number of aryl methyl sites for hydroxylation is 1. The highest BCUT2D eigenvalue weighted by Crippen LogP contribution is 2.15. The molecule has 1 heterocycles. The summed E-state index contributed by atoms with van der Waals surface area (Å²) in [6, 6.07) is 2.14. The monoisotopic (exact) mass is 136 g/mol. The molecule has 0 atom stereocenters. The SMILES string of the molecule is Cc1c[nH+]ccc1C(C)C. The van der Waals surface area contributed by atoms with Gasteiger partial charge in [0.25, 0.3) is 0 Å². The van der Waals surface area contributed by atoms with Gasteiger partial charge in [0, 0.05) is 11.6 Å². The van der Waals surface area contributed by atoms with Gasteiger partial charge in [-0.25, -0.2) is 4.98 Å². The standard InChI is InChI=1S/C9H13N/c1-7(2)9-4-5-10-6-8(9)3/h4-7H,1-3H3/p+1. The summed E-state index contributed by atoms with van der Waals surface area (Å²) >= 11 is 0. The van der Waals surface area contributed by atoms with Crippen molar-refractivity contribution in [2.45, 2.75) is 26.7 Å². The lowest BCUT2D eigenvalue weighted by Crippen LogP contribution is -2.03. The van der Waals surface area contributed by atoms with Crippen molar-refractivity contribution in [3.8, 4) is 0 Å². The van der Waals surface area contributed by atoms with Crippen molar-refractivity contribution in [1.82, 2.24) is 0 Å². The normalized spacial score (nSPS) is 10.4. The number of aromatic nitrogens is 1. The Kier molecular flexibility index (Phi) is 2.05. The number of hydrogen-bond acceptors (Lipinski definition) is 0. The predicted molar refractivity (Wildman–Crippen MR) is 41.8 cm³/mol. The minimum Gasteiger partial charge on any atom is -0.218 e. The van der Waals surface area contributed by atoms with E-state index in [2.05, 4.69) is 31.8 Å². The third kappa shape index (κ3) is 1.35. The maximum absolute atomic E-state index is 3.06. The minimum atomic E-state index is 0.634. The fraction of sp³-hybridized carbons (Fsp3) is 0.444. The van der Waals surface area contributed by atoms with Crippen LogP contribution in [0.3, 0.4) is 0 Å². The Labute approximate surface area is 62.1 Å². The molecule has 0 unspecified atom stereocenters. The van der Waals surface area contributed by atoms with Crippen molar-refractivity contribution in [1.29, 1.82) is 0 Å². The van der Waals surface area contributed by atoms with Crippen LogP contribution in [0.2, 0.25) is 0 Å². The first-order valence-electron chi connectivity index (χ1n) is 3.68. The zero-order chi connectivity index (χ0) is 7.56. The van der Waals surface area contributed by atoms with Crippen LogP contribution in [0, 0.1) is 6.92 Å². The summed E-state index contributed by atoms with van der Waals surface area (Å²) in [6.45, 7) is 6.55. The molecule has 0 aromatic carbocycles. The molecular formula is C9H14N+. The molecule has 1 rings (SSSR count). The average molecular weight is 136 g/mol. The average Bonchev–Trinajstić information content (AvgIpc) is 1.88. The molecule has 0 aliphatic rings. The number of rotatable bonds is 1.